The molecule has 3 atom stereocenters. The average Bonchev–Trinajstić information content (AvgIpc) is 2.68. The van der Waals surface area contributed by atoms with Crippen LogP contribution >= 0.6 is 0 Å². The fourth-order valence-electron chi connectivity index (χ4n) is 4.17. The van der Waals surface area contributed by atoms with Crippen LogP contribution in [0.3, 0.4) is 0 Å². The lowest BCUT2D eigenvalue weighted by atomic mass is 9.64. The minimum absolute atomic E-state index is 0.0787. The maximum absolute atomic E-state index is 9.51. The SMILES string of the molecule is CC1=CC[C@@]2(CC(C)(C)CO)C(C)CC[C@@H]12. The van der Waals surface area contributed by atoms with Crippen LogP contribution in [-0.2, 0) is 0 Å². The summed E-state index contributed by atoms with van der Waals surface area (Å²) in [5, 5.41) is 9.51. The molecule has 0 aromatic heterocycles. The molecule has 0 bridgehead atoms. The van der Waals surface area contributed by atoms with E-state index in [-0.39, 0.29) is 5.41 Å². The number of hydrogen-bond donors (Lipinski definition) is 1. The maximum Gasteiger partial charge on any atom is 0.0482 e. The van der Waals surface area contributed by atoms with Crippen molar-refractivity contribution in [1.82, 2.24) is 0 Å². The van der Waals surface area contributed by atoms with E-state index in [1.807, 2.05) is 0 Å². The third-order valence-electron chi connectivity index (χ3n) is 5.15. The van der Waals surface area contributed by atoms with Crippen LogP contribution in [-0.4, -0.2) is 11.7 Å². The molecule has 16 heavy (non-hydrogen) atoms. The van der Waals surface area contributed by atoms with E-state index in [9.17, 15) is 5.11 Å². The van der Waals surface area contributed by atoms with Crippen LogP contribution in [0.2, 0.25) is 0 Å². The third kappa shape index (κ3) is 1.73. The molecule has 92 valence electrons. The highest BCUT2D eigenvalue weighted by atomic mass is 16.3. The summed E-state index contributed by atoms with van der Waals surface area (Å²) in [7, 11) is 0. The molecule has 0 saturated heterocycles. The van der Waals surface area contributed by atoms with Crippen molar-refractivity contribution in [3.05, 3.63) is 11.6 Å². The van der Waals surface area contributed by atoms with E-state index in [0.29, 0.717) is 12.0 Å². The first-order valence-electron chi connectivity index (χ1n) is 6.69. The molecule has 1 fully saturated rings. The third-order valence-corrected chi connectivity index (χ3v) is 5.15. The molecule has 1 heteroatoms. The fourth-order valence-corrected chi connectivity index (χ4v) is 4.17. The predicted molar refractivity (Wildman–Crippen MR) is 68.2 cm³/mol. The Hall–Kier alpha value is -0.300. The molecule has 1 saturated carbocycles. The lowest BCUT2D eigenvalue weighted by molar-refractivity contribution is 0.0538. The van der Waals surface area contributed by atoms with Crippen LogP contribution in [0, 0.1) is 22.7 Å². The van der Waals surface area contributed by atoms with E-state index in [2.05, 4.69) is 33.8 Å². The van der Waals surface area contributed by atoms with E-state index in [0.717, 1.165) is 11.8 Å². The van der Waals surface area contributed by atoms with Gasteiger partial charge in [-0.2, -0.15) is 0 Å². The summed E-state index contributed by atoms with van der Waals surface area (Å²) in [6, 6.07) is 0. The first-order valence-corrected chi connectivity index (χ1v) is 6.69. The van der Waals surface area contributed by atoms with Gasteiger partial charge in [0.1, 0.15) is 0 Å². The molecule has 0 aromatic carbocycles. The van der Waals surface area contributed by atoms with Crippen molar-refractivity contribution in [2.45, 2.75) is 53.4 Å². The standard InChI is InChI=1S/C15H26O/c1-11-7-8-15(9-14(3,4)10-16)12(2)5-6-13(11)15/h7,12-13,16H,5-6,8-10H2,1-4H3/t12?,13-,15+/m0/s1. The zero-order valence-electron chi connectivity index (χ0n) is 11.2. The minimum atomic E-state index is 0.0787. The lowest BCUT2D eigenvalue weighted by Crippen LogP contribution is -2.35. The van der Waals surface area contributed by atoms with Gasteiger partial charge in [-0.05, 0) is 55.3 Å². The second kappa shape index (κ2) is 3.87. The Morgan fingerprint density at radius 3 is 2.75 bits per heavy atom. The van der Waals surface area contributed by atoms with Gasteiger partial charge >= 0.3 is 0 Å². The second-order valence-electron chi connectivity index (χ2n) is 6.92. The molecule has 1 unspecified atom stereocenters. The zero-order valence-corrected chi connectivity index (χ0v) is 11.2. The highest BCUT2D eigenvalue weighted by molar-refractivity contribution is 5.22. The Kier molecular flexibility index (Phi) is 2.94. The Balaban J connectivity index is 2.23. The normalized spacial score (nSPS) is 38.7. The first kappa shape index (κ1) is 12.2. The summed E-state index contributed by atoms with van der Waals surface area (Å²) in [6.07, 6.45) is 7.61. The van der Waals surface area contributed by atoms with Gasteiger partial charge in [0.05, 0.1) is 0 Å². The predicted octanol–water partition coefficient (Wildman–Crippen LogP) is 3.78. The van der Waals surface area contributed by atoms with Crippen LogP contribution in [0.4, 0.5) is 0 Å². The van der Waals surface area contributed by atoms with Crippen molar-refractivity contribution in [3.8, 4) is 0 Å². The van der Waals surface area contributed by atoms with Gasteiger partial charge in [-0.1, -0.05) is 32.4 Å². The van der Waals surface area contributed by atoms with Crippen molar-refractivity contribution in [2.24, 2.45) is 22.7 Å². The van der Waals surface area contributed by atoms with E-state index < -0.39 is 0 Å². The Bertz CT molecular complexity index is 303. The monoisotopic (exact) mass is 222 g/mol. The van der Waals surface area contributed by atoms with Gasteiger partial charge < -0.3 is 5.11 Å². The smallest absolute Gasteiger partial charge is 0.0482 e. The Labute approximate surface area is 99.9 Å². The molecule has 2 aliphatic rings. The van der Waals surface area contributed by atoms with Crippen LogP contribution in [0.15, 0.2) is 11.6 Å². The summed E-state index contributed by atoms with van der Waals surface area (Å²) >= 11 is 0. The van der Waals surface area contributed by atoms with Gasteiger partial charge in [-0.3, -0.25) is 0 Å². The molecule has 1 N–H and O–H groups in total. The first-order chi connectivity index (χ1) is 7.41. The van der Waals surface area contributed by atoms with Gasteiger partial charge in [0, 0.05) is 6.61 Å². The molecular formula is C15H26O. The number of rotatable bonds is 3. The van der Waals surface area contributed by atoms with Gasteiger partial charge in [0.2, 0.25) is 0 Å². The largest absolute Gasteiger partial charge is 0.396 e. The number of fused-ring (bicyclic) bond motifs is 1. The quantitative estimate of drug-likeness (QED) is 0.721. The van der Waals surface area contributed by atoms with Crippen molar-refractivity contribution in [2.75, 3.05) is 6.61 Å². The van der Waals surface area contributed by atoms with Gasteiger partial charge in [-0.25, -0.2) is 0 Å². The van der Waals surface area contributed by atoms with Crippen molar-refractivity contribution in [3.63, 3.8) is 0 Å². The Morgan fingerprint density at radius 2 is 2.12 bits per heavy atom. The molecule has 0 radical (unpaired) electrons. The summed E-state index contributed by atoms with van der Waals surface area (Å²) in [5.74, 6) is 1.62. The van der Waals surface area contributed by atoms with Crippen LogP contribution < -0.4 is 0 Å². The molecule has 0 spiro atoms. The molecule has 0 aliphatic heterocycles. The molecule has 0 heterocycles. The molecule has 2 aliphatic carbocycles. The summed E-state index contributed by atoms with van der Waals surface area (Å²) < 4.78 is 0. The van der Waals surface area contributed by atoms with Crippen molar-refractivity contribution < 1.29 is 5.11 Å². The highest BCUT2D eigenvalue weighted by Gasteiger charge is 2.52. The summed E-state index contributed by atoms with van der Waals surface area (Å²) in [6.45, 7) is 9.44. The van der Waals surface area contributed by atoms with Crippen LogP contribution in [0.1, 0.15) is 53.4 Å². The van der Waals surface area contributed by atoms with Crippen LogP contribution in [0.5, 0.6) is 0 Å². The fraction of sp³-hybridized carbons (Fsp3) is 0.867. The average molecular weight is 222 g/mol. The molecular weight excluding hydrogens is 196 g/mol. The van der Waals surface area contributed by atoms with Crippen molar-refractivity contribution in [1.29, 1.82) is 0 Å². The maximum atomic E-state index is 9.51. The number of aliphatic hydroxyl groups excluding tert-OH is 1. The topological polar surface area (TPSA) is 20.2 Å². The molecule has 1 nitrogen and oxygen atoms in total. The lowest BCUT2D eigenvalue weighted by Gasteiger charge is -2.41. The number of allylic oxidation sites excluding steroid dienone is 2. The van der Waals surface area contributed by atoms with Gasteiger partial charge in [-0.15, -0.1) is 0 Å². The molecule has 2 rings (SSSR count). The molecule has 0 amide bonds. The van der Waals surface area contributed by atoms with Crippen LogP contribution in [0.25, 0.3) is 0 Å². The van der Waals surface area contributed by atoms with E-state index in [1.165, 1.54) is 25.7 Å². The van der Waals surface area contributed by atoms with E-state index in [4.69, 9.17) is 0 Å². The summed E-state index contributed by atoms with van der Waals surface area (Å²) in [5.41, 5.74) is 2.16. The summed E-state index contributed by atoms with van der Waals surface area (Å²) in [4.78, 5) is 0. The number of aliphatic hydroxyl groups is 1. The van der Waals surface area contributed by atoms with Crippen molar-refractivity contribution >= 4 is 0 Å². The van der Waals surface area contributed by atoms with E-state index in [1.54, 1.807) is 5.57 Å². The second-order valence-corrected chi connectivity index (χ2v) is 6.92. The Morgan fingerprint density at radius 1 is 1.44 bits per heavy atom. The van der Waals surface area contributed by atoms with Gasteiger partial charge in [0.25, 0.3) is 0 Å². The van der Waals surface area contributed by atoms with E-state index >= 15 is 0 Å². The van der Waals surface area contributed by atoms with Gasteiger partial charge in [0.15, 0.2) is 0 Å². The minimum Gasteiger partial charge on any atom is -0.396 e. The number of hydrogen-bond acceptors (Lipinski definition) is 1. The molecule has 0 aromatic rings. The highest BCUT2D eigenvalue weighted by Crippen LogP contribution is 2.61. The zero-order chi connectivity index (χ0) is 12.0.